The molecule has 0 bridgehead atoms. The standard InChI is InChI=1S/C17H16F8O5S/c18-9-10(19)12(21)14(13(22)11(9)20)31(26,27)30-15(17(23,24)25)8-4-1-2-5-16(8)28-6-3-7-29-16/h8,15H,1-7H2. The van der Waals surface area contributed by atoms with Gasteiger partial charge in [0.05, 0.1) is 13.2 Å². The van der Waals surface area contributed by atoms with Gasteiger partial charge in [0.15, 0.2) is 40.1 Å². The monoisotopic (exact) mass is 484 g/mol. The predicted octanol–water partition coefficient (Wildman–Crippen LogP) is 4.34. The molecular weight excluding hydrogens is 468 g/mol. The van der Waals surface area contributed by atoms with Gasteiger partial charge in [0, 0.05) is 12.3 Å². The van der Waals surface area contributed by atoms with Crippen LogP contribution < -0.4 is 0 Å². The Balaban J connectivity index is 2.06. The first-order valence-corrected chi connectivity index (χ1v) is 10.5. The third-order valence-corrected chi connectivity index (χ3v) is 6.49. The second-order valence-electron chi connectivity index (χ2n) is 7.13. The summed E-state index contributed by atoms with van der Waals surface area (Å²) in [5.41, 5.74) is 0. The molecule has 1 heterocycles. The van der Waals surface area contributed by atoms with Gasteiger partial charge in [-0.3, -0.25) is 4.18 Å². The summed E-state index contributed by atoms with van der Waals surface area (Å²) >= 11 is 0. The minimum Gasteiger partial charge on any atom is -0.349 e. The van der Waals surface area contributed by atoms with Crippen LogP contribution in [0.5, 0.6) is 0 Å². The maximum atomic E-state index is 13.9. The van der Waals surface area contributed by atoms with E-state index in [0.29, 0.717) is 12.8 Å². The Morgan fingerprint density at radius 1 is 0.871 bits per heavy atom. The SMILES string of the molecule is O=S(=O)(OC(C1CCCCC12OCCCO2)C(F)(F)F)c1c(F)c(F)c(F)c(F)c1F. The number of halogens is 8. The van der Waals surface area contributed by atoms with Crippen LogP contribution in [0.2, 0.25) is 0 Å². The van der Waals surface area contributed by atoms with Gasteiger partial charge in [-0.1, -0.05) is 6.42 Å². The minimum atomic E-state index is -6.10. The number of ether oxygens (including phenoxy) is 2. The molecule has 1 spiro atoms. The lowest BCUT2D eigenvalue weighted by Crippen LogP contribution is -2.57. The van der Waals surface area contributed by atoms with E-state index in [1.54, 1.807) is 0 Å². The van der Waals surface area contributed by atoms with Gasteiger partial charge in [0.1, 0.15) is 0 Å². The van der Waals surface area contributed by atoms with Crippen LogP contribution in [0.15, 0.2) is 4.90 Å². The Labute approximate surface area is 171 Å². The molecule has 2 fully saturated rings. The van der Waals surface area contributed by atoms with Crippen LogP contribution in [0, 0.1) is 35.0 Å². The van der Waals surface area contributed by atoms with Crippen molar-refractivity contribution in [2.75, 3.05) is 13.2 Å². The van der Waals surface area contributed by atoms with Crippen LogP contribution in [-0.4, -0.2) is 39.7 Å². The van der Waals surface area contributed by atoms with E-state index >= 15 is 0 Å². The van der Waals surface area contributed by atoms with E-state index in [9.17, 15) is 43.5 Å². The van der Waals surface area contributed by atoms with E-state index in [1.807, 2.05) is 0 Å². The second-order valence-corrected chi connectivity index (χ2v) is 8.64. The molecule has 176 valence electrons. The molecule has 2 aliphatic rings. The molecule has 0 aromatic heterocycles. The molecule has 1 saturated carbocycles. The molecule has 5 nitrogen and oxygen atoms in total. The van der Waals surface area contributed by atoms with Crippen molar-refractivity contribution in [3.63, 3.8) is 0 Å². The summed E-state index contributed by atoms with van der Waals surface area (Å²) in [4.78, 5) is -2.51. The third kappa shape index (κ3) is 4.39. The van der Waals surface area contributed by atoms with Crippen molar-refractivity contribution in [2.24, 2.45) is 5.92 Å². The van der Waals surface area contributed by atoms with Crippen LogP contribution in [0.25, 0.3) is 0 Å². The Morgan fingerprint density at radius 2 is 1.39 bits per heavy atom. The van der Waals surface area contributed by atoms with Crippen LogP contribution in [-0.2, 0) is 23.8 Å². The van der Waals surface area contributed by atoms with Crippen molar-refractivity contribution in [1.82, 2.24) is 0 Å². The molecule has 1 aliphatic carbocycles. The zero-order chi connectivity index (χ0) is 23.2. The highest BCUT2D eigenvalue weighted by atomic mass is 32.2. The van der Waals surface area contributed by atoms with Crippen LogP contribution in [0.3, 0.4) is 0 Å². The van der Waals surface area contributed by atoms with Gasteiger partial charge in [-0.2, -0.15) is 21.6 Å². The summed E-state index contributed by atoms with van der Waals surface area (Å²) in [5.74, 6) is -17.2. The van der Waals surface area contributed by atoms with E-state index in [4.69, 9.17) is 9.47 Å². The molecular formula is C17H16F8O5S. The summed E-state index contributed by atoms with van der Waals surface area (Å²) in [6.07, 6.45) is -7.97. The molecule has 0 N–H and O–H groups in total. The fourth-order valence-corrected chi connectivity index (χ4v) is 5.04. The van der Waals surface area contributed by atoms with Crippen molar-refractivity contribution in [1.29, 1.82) is 0 Å². The smallest absolute Gasteiger partial charge is 0.349 e. The average molecular weight is 484 g/mol. The number of benzene rings is 1. The van der Waals surface area contributed by atoms with Crippen LogP contribution in [0.4, 0.5) is 35.1 Å². The summed E-state index contributed by atoms with van der Waals surface area (Å²) in [7, 11) is -6.10. The van der Waals surface area contributed by atoms with Crippen molar-refractivity contribution < 1.29 is 57.2 Å². The van der Waals surface area contributed by atoms with Crippen molar-refractivity contribution in [3.8, 4) is 0 Å². The topological polar surface area (TPSA) is 61.8 Å². The molecule has 0 radical (unpaired) electrons. The predicted molar refractivity (Wildman–Crippen MR) is 85.6 cm³/mol. The lowest BCUT2D eigenvalue weighted by Gasteiger charge is -2.48. The zero-order valence-electron chi connectivity index (χ0n) is 15.6. The van der Waals surface area contributed by atoms with Crippen LogP contribution >= 0.6 is 0 Å². The largest absolute Gasteiger partial charge is 0.416 e. The minimum absolute atomic E-state index is 0.0193. The normalized spacial score (nSPS) is 23.2. The highest BCUT2D eigenvalue weighted by Gasteiger charge is 2.58. The lowest BCUT2D eigenvalue weighted by atomic mass is 9.79. The summed E-state index contributed by atoms with van der Waals surface area (Å²) in [5, 5.41) is 0. The van der Waals surface area contributed by atoms with Gasteiger partial charge in [-0.15, -0.1) is 0 Å². The first-order chi connectivity index (χ1) is 14.3. The summed E-state index contributed by atoms with van der Waals surface area (Å²) in [6, 6.07) is 0. The Hall–Kier alpha value is -1.51. The number of hydrogen-bond donors (Lipinski definition) is 0. The maximum absolute atomic E-state index is 13.9. The molecule has 14 heteroatoms. The van der Waals surface area contributed by atoms with Gasteiger partial charge in [-0.05, 0) is 19.3 Å². The highest BCUT2D eigenvalue weighted by molar-refractivity contribution is 7.86. The first kappa shape index (κ1) is 24.1. The van der Waals surface area contributed by atoms with Crippen molar-refractivity contribution in [2.45, 2.75) is 55.1 Å². The van der Waals surface area contributed by atoms with E-state index in [1.165, 1.54) is 0 Å². The molecule has 31 heavy (non-hydrogen) atoms. The Bertz CT molecular complexity index is 906. The molecule has 1 aliphatic heterocycles. The van der Waals surface area contributed by atoms with Crippen molar-refractivity contribution in [3.05, 3.63) is 29.1 Å². The fourth-order valence-electron chi connectivity index (χ4n) is 3.81. The Kier molecular flexibility index (Phi) is 6.58. The summed E-state index contributed by atoms with van der Waals surface area (Å²) < 4.78 is 149. The van der Waals surface area contributed by atoms with E-state index in [0.717, 1.165) is 0 Å². The Morgan fingerprint density at radius 3 is 1.90 bits per heavy atom. The fraction of sp³-hybridized carbons (Fsp3) is 0.647. The van der Waals surface area contributed by atoms with E-state index < -0.39 is 68.1 Å². The van der Waals surface area contributed by atoms with E-state index in [-0.39, 0.29) is 32.5 Å². The first-order valence-electron chi connectivity index (χ1n) is 9.11. The molecule has 2 unspecified atom stereocenters. The summed E-state index contributed by atoms with van der Waals surface area (Å²) in [6.45, 7) is 0.0386. The second kappa shape index (κ2) is 8.45. The highest BCUT2D eigenvalue weighted by Crippen LogP contribution is 2.47. The van der Waals surface area contributed by atoms with Gasteiger partial charge in [0.2, 0.25) is 5.82 Å². The average Bonchev–Trinajstić information content (AvgIpc) is 2.69. The number of rotatable bonds is 4. The third-order valence-electron chi connectivity index (χ3n) is 5.17. The lowest BCUT2D eigenvalue weighted by molar-refractivity contribution is -0.337. The molecule has 1 saturated heterocycles. The molecule has 3 rings (SSSR count). The van der Waals surface area contributed by atoms with Gasteiger partial charge >= 0.3 is 16.3 Å². The van der Waals surface area contributed by atoms with Gasteiger partial charge < -0.3 is 9.47 Å². The van der Waals surface area contributed by atoms with Crippen LogP contribution in [0.1, 0.15) is 32.1 Å². The maximum Gasteiger partial charge on any atom is 0.416 e. The van der Waals surface area contributed by atoms with Gasteiger partial charge in [0.25, 0.3) is 0 Å². The molecule has 1 aromatic rings. The number of alkyl halides is 3. The quantitative estimate of drug-likeness (QED) is 0.276. The molecule has 1 aromatic carbocycles. The molecule has 2 atom stereocenters. The van der Waals surface area contributed by atoms with E-state index in [2.05, 4.69) is 4.18 Å². The zero-order valence-corrected chi connectivity index (χ0v) is 16.4. The van der Waals surface area contributed by atoms with Gasteiger partial charge in [-0.25, -0.2) is 22.0 Å². The number of hydrogen-bond acceptors (Lipinski definition) is 5. The van der Waals surface area contributed by atoms with Crippen molar-refractivity contribution >= 4 is 10.1 Å². The molecule has 0 amide bonds.